The van der Waals surface area contributed by atoms with E-state index in [9.17, 15) is 0 Å². The second kappa shape index (κ2) is 6.04. The topological polar surface area (TPSA) is 87.6 Å². The molecule has 6 nitrogen and oxygen atoms in total. The van der Waals surface area contributed by atoms with Gasteiger partial charge < -0.3 is 5.73 Å². The van der Waals surface area contributed by atoms with E-state index in [1.165, 1.54) is 12.4 Å². The number of nitrogens with zero attached hydrogens (tertiary/aromatic N) is 3. The maximum atomic E-state index is 7.19. The first-order valence-corrected chi connectivity index (χ1v) is 4.93. The molecule has 1 rings (SSSR count). The fourth-order valence-electron chi connectivity index (χ4n) is 0.893. The standard InChI is InChI=1S/C9H12ClN5O/c1-2-16-15(9(11)12)14-5-7-3-4-13-6-8(7)10/h3-6H,2H2,1H3,(H3,11,12)/b14-5+. The number of guanidine groups is 1. The Morgan fingerprint density at radius 2 is 2.56 bits per heavy atom. The summed E-state index contributed by atoms with van der Waals surface area (Å²) in [7, 11) is 0. The molecule has 0 aromatic carbocycles. The number of rotatable bonds is 4. The van der Waals surface area contributed by atoms with Gasteiger partial charge in [0, 0.05) is 18.0 Å². The van der Waals surface area contributed by atoms with Crippen LogP contribution in [0.3, 0.4) is 0 Å². The fraction of sp³-hybridized carbons (Fsp3) is 0.222. The van der Waals surface area contributed by atoms with E-state index in [0.29, 0.717) is 17.2 Å². The minimum Gasteiger partial charge on any atom is -0.367 e. The van der Waals surface area contributed by atoms with Gasteiger partial charge in [-0.15, -0.1) is 5.17 Å². The molecular formula is C9H12ClN5O. The summed E-state index contributed by atoms with van der Waals surface area (Å²) < 4.78 is 0. The van der Waals surface area contributed by atoms with Crippen molar-refractivity contribution in [3.63, 3.8) is 0 Å². The third-order valence-corrected chi connectivity index (χ3v) is 1.88. The predicted octanol–water partition coefficient (Wildman–Crippen LogP) is 1.22. The molecule has 1 heterocycles. The van der Waals surface area contributed by atoms with Crippen LogP contribution in [-0.2, 0) is 4.84 Å². The highest BCUT2D eigenvalue weighted by Crippen LogP contribution is 2.10. The molecule has 86 valence electrons. The molecule has 0 radical (unpaired) electrons. The van der Waals surface area contributed by atoms with Crippen molar-refractivity contribution in [2.24, 2.45) is 10.8 Å². The van der Waals surface area contributed by atoms with E-state index in [2.05, 4.69) is 10.1 Å². The third-order valence-electron chi connectivity index (χ3n) is 1.56. The Kier molecular flexibility index (Phi) is 4.68. The molecule has 3 N–H and O–H groups in total. The second-order valence-corrected chi connectivity index (χ2v) is 3.12. The number of hydroxylamine groups is 1. The number of hydrazone groups is 1. The zero-order valence-electron chi connectivity index (χ0n) is 8.72. The fourth-order valence-corrected chi connectivity index (χ4v) is 1.06. The second-order valence-electron chi connectivity index (χ2n) is 2.72. The molecule has 0 aliphatic heterocycles. The van der Waals surface area contributed by atoms with Gasteiger partial charge in [-0.25, -0.2) is 4.84 Å². The van der Waals surface area contributed by atoms with E-state index >= 15 is 0 Å². The summed E-state index contributed by atoms with van der Waals surface area (Å²) >= 11 is 5.87. The summed E-state index contributed by atoms with van der Waals surface area (Å²) in [6, 6.07) is 1.69. The monoisotopic (exact) mass is 241 g/mol. The van der Waals surface area contributed by atoms with Crippen molar-refractivity contribution in [2.45, 2.75) is 6.92 Å². The molecule has 0 bridgehead atoms. The Bertz CT molecular complexity index is 395. The van der Waals surface area contributed by atoms with Gasteiger partial charge in [0.1, 0.15) is 0 Å². The van der Waals surface area contributed by atoms with E-state index < -0.39 is 0 Å². The number of aromatic nitrogens is 1. The van der Waals surface area contributed by atoms with Gasteiger partial charge in [0.05, 0.1) is 17.8 Å². The average Bonchev–Trinajstić information content (AvgIpc) is 2.26. The van der Waals surface area contributed by atoms with E-state index in [1.807, 2.05) is 0 Å². The number of hydrogen-bond acceptors (Lipinski definition) is 4. The van der Waals surface area contributed by atoms with Crippen molar-refractivity contribution in [3.8, 4) is 0 Å². The normalized spacial score (nSPS) is 10.6. The van der Waals surface area contributed by atoms with E-state index in [1.54, 1.807) is 19.2 Å². The van der Waals surface area contributed by atoms with Crippen molar-refractivity contribution in [2.75, 3.05) is 6.61 Å². The van der Waals surface area contributed by atoms with Crippen molar-refractivity contribution in [1.29, 1.82) is 5.41 Å². The maximum absolute atomic E-state index is 7.19. The van der Waals surface area contributed by atoms with Crippen LogP contribution < -0.4 is 5.73 Å². The lowest BCUT2D eigenvalue weighted by Crippen LogP contribution is -2.32. The molecule has 0 amide bonds. The van der Waals surface area contributed by atoms with Crippen LogP contribution >= 0.6 is 11.6 Å². The predicted molar refractivity (Wildman–Crippen MR) is 62.2 cm³/mol. The quantitative estimate of drug-likeness (QED) is 0.471. The van der Waals surface area contributed by atoms with Crippen molar-refractivity contribution in [3.05, 3.63) is 29.0 Å². The third kappa shape index (κ3) is 3.48. The average molecular weight is 242 g/mol. The molecule has 0 unspecified atom stereocenters. The first-order valence-electron chi connectivity index (χ1n) is 4.55. The molecule has 1 aromatic rings. The molecule has 0 atom stereocenters. The Labute approximate surface area is 98.1 Å². The summed E-state index contributed by atoms with van der Waals surface area (Å²) in [6.45, 7) is 2.13. The van der Waals surface area contributed by atoms with Crippen LogP contribution in [0.4, 0.5) is 0 Å². The van der Waals surface area contributed by atoms with Gasteiger partial charge in [0.2, 0.25) is 5.96 Å². The SMILES string of the molecule is CCON(/N=C/c1ccncc1Cl)C(=N)N. The number of nitrogens with two attached hydrogens (primary N) is 1. The lowest BCUT2D eigenvalue weighted by Gasteiger charge is -2.13. The number of pyridine rings is 1. The smallest absolute Gasteiger partial charge is 0.236 e. The van der Waals surface area contributed by atoms with Gasteiger partial charge in [-0.05, 0) is 13.0 Å². The highest BCUT2D eigenvalue weighted by molar-refractivity contribution is 6.32. The van der Waals surface area contributed by atoms with E-state index in [0.717, 1.165) is 5.17 Å². The molecule has 0 aliphatic rings. The number of nitrogens with one attached hydrogen (secondary N) is 1. The minimum atomic E-state index is -0.303. The zero-order chi connectivity index (χ0) is 12.0. The largest absolute Gasteiger partial charge is 0.367 e. The van der Waals surface area contributed by atoms with Gasteiger partial charge in [0.25, 0.3) is 0 Å². The van der Waals surface area contributed by atoms with Crippen LogP contribution in [0.1, 0.15) is 12.5 Å². The lowest BCUT2D eigenvalue weighted by molar-refractivity contribution is -0.0937. The molecule has 1 aromatic heterocycles. The van der Waals surface area contributed by atoms with Crippen LogP contribution in [0.25, 0.3) is 0 Å². The van der Waals surface area contributed by atoms with E-state index in [-0.39, 0.29) is 5.96 Å². The van der Waals surface area contributed by atoms with Gasteiger partial charge in [-0.1, -0.05) is 11.6 Å². The van der Waals surface area contributed by atoms with Gasteiger partial charge in [-0.3, -0.25) is 10.4 Å². The summed E-state index contributed by atoms with van der Waals surface area (Å²) in [4.78, 5) is 8.83. The number of halogens is 1. The lowest BCUT2D eigenvalue weighted by atomic mass is 10.3. The van der Waals surface area contributed by atoms with Crippen LogP contribution in [-0.4, -0.2) is 28.9 Å². The minimum absolute atomic E-state index is 0.303. The van der Waals surface area contributed by atoms with Crippen LogP contribution in [0, 0.1) is 5.41 Å². The van der Waals surface area contributed by atoms with Gasteiger partial charge in [-0.2, -0.15) is 5.10 Å². The Balaban J connectivity index is 2.78. The zero-order valence-corrected chi connectivity index (χ0v) is 9.48. The van der Waals surface area contributed by atoms with Gasteiger partial charge in [0.15, 0.2) is 0 Å². The Morgan fingerprint density at radius 3 is 3.12 bits per heavy atom. The molecule has 0 saturated heterocycles. The Morgan fingerprint density at radius 1 is 1.81 bits per heavy atom. The molecule has 7 heteroatoms. The molecule has 0 fully saturated rings. The molecular weight excluding hydrogens is 230 g/mol. The molecule has 16 heavy (non-hydrogen) atoms. The highest BCUT2D eigenvalue weighted by Gasteiger charge is 2.03. The van der Waals surface area contributed by atoms with Gasteiger partial charge >= 0.3 is 0 Å². The van der Waals surface area contributed by atoms with Crippen LogP contribution in [0.2, 0.25) is 5.02 Å². The molecule has 0 spiro atoms. The molecule has 0 saturated carbocycles. The number of hydrogen-bond donors (Lipinski definition) is 2. The van der Waals surface area contributed by atoms with Crippen LogP contribution in [0.5, 0.6) is 0 Å². The van der Waals surface area contributed by atoms with Crippen molar-refractivity contribution >= 4 is 23.8 Å². The summed E-state index contributed by atoms with van der Waals surface area (Å²) in [5.74, 6) is -0.303. The molecule has 0 aliphatic carbocycles. The Hall–Kier alpha value is -1.66. The highest BCUT2D eigenvalue weighted by atomic mass is 35.5. The summed E-state index contributed by atoms with van der Waals surface area (Å²) in [5, 5.41) is 12.4. The summed E-state index contributed by atoms with van der Waals surface area (Å²) in [6.07, 6.45) is 4.54. The van der Waals surface area contributed by atoms with Crippen LogP contribution in [0.15, 0.2) is 23.6 Å². The van der Waals surface area contributed by atoms with Crippen molar-refractivity contribution in [1.82, 2.24) is 10.2 Å². The van der Waals surface area contributed by atoms with E-state index in [4.69, 9.17) is 27.6 Å². The first-order chi connectivity index (χ1) is 7.65. The maximum Gasteiger partial charge on any atom is 0.236 e. The summed E-state index contributed by atoms with van der Waals surface area (Å²) in [5.41, 5.74) is 5.92. The van der Waals surface area contributed by atoms with Crippen molar-refractivity contribution < 1.29 is 4.84 Å². The first kappa shape index (κ1) is 12.4.